The molecule has 0 amide bonds. The van der Waals surface area contributed by atoms with Crippen molar-refractivity contribution < 1.29 is 4.42 Å². The van der Waals surface area contributed by atoms with Gasteiger partial charge in [0.05, 0.1) is 11.0 Å². The van der Waals surface area contributed by atoms with Crippen LogP contribution in [-0.4, -0.2) is 4.57 Å². The SMILES string of the molecule is c1ccc(-n2c3cccc4ccc5c(-c6ccc7oc8ccccc8c7c6)ccc2c5c43)cc1. The predicted octanol–water partition coefficient (Wildman–Crippen LogP) is 8.94. The number of hydrogen-bond donors (Lipinski definition) is 0. The summed E-state index contributed by atoms with van der Waals surface area (Å²) in [5, 5.41) is 7.53. The van der Waals surface area contributed by atoms with Crippen molar-refractivity contribution in [3.8, 4) is 16.8 Å². The van der Waals surface area contributed by atoms with Crippen LogP contribution in [0.4, 0.5) is 0 Å². The molecule has 0 spiro atoms. The fraction of sp³-hybridized carbons (Fsp3) is 0. The smallest absolute Gasteiger partial charge is 0.135 e. The molecule has 0 aliphatic rings. The van der Waals surface area contributed by atoms with Gasteiger partial charge in [0.15, 0.2) is 0 Å². The first-order valence-corrected chi connectivity index (χ1v) is 11.6. The second-order valence-corrected chi connectivity index (χ2v) is 8.98. The van der Waals surface area contributed by atoms with E-state index in [1.165, 1.54) is 49.4 Å². The van der Waals surface area contributed by atoms with Gasteiger partial charge in [-0.2, -0.15) is 0 Å². The van der Waals surface area contributed by atoms with Crippen molar-refractivity contribution in [1.82, 2.24) is 4.57 Å². The molecule has 0 atom stereocenters. The minimum Gasteiger partial charge on any atom is -0.456 e. The Hall–Kier alpha value is -4.56. The summed E-state index contributed by atoms with van der Waals surface area (Å²) in [5.41, 5.74) is 7.99. The van der Waals surface area contributed by atoms with E-state index in [9.17, 15) is 0 Å². The van der Waals surface area contributed by atoms with Crippen molar-refractivity contribution in [1.29, 1.82) is 0 Å². The highest BCUT2D eigenvalue weighted by atomic mass is 16.3. The standard InChI is InChI=1S/C32H19NO/c1-2-8-22(9-3-1)33-27-11-6-7-20-13-15-25-23(16-17-28(33)32(25)31(20)27)21-14-18-30-26(19-21)24-10-4-5-12-29(24)34-30/h1-19H. The van der Waals surface area contributed by atoms with E-state index < -0.39 is 0 Å². The average Bonchev–Trinajstić information content (AvgIpc) is 3.44. The summed E-state index contributed by atoms with van der Waals surface area (Å²) in [4.78, 5) is 0. The lowest BCUT2D eigenvalue weighted by atomic mass is 9.94. The molecular weight excluding hydrogens is 414 g/mol. The first-order valence-electron chi connectivity index (χ1n) is 11.6. The minimum absolute atomic E-state index is 0.929. The third-order valence-electron chi connectivity index (χ3n) is 7.16. The van der Waals surface area contributed by atoms with E-state index in [-0.39, 0.29) is 0 Å². The molecule has 0 fully saturated rings. The maximum atomic E-state index is 6.07. The van der Waals surface area contributed by atoms with Crippen LogP contribution in [0.5, 0.6) is 0 Å². The maximum absolute atomic E-state index is 6.07. The summed E-state index contributed by atoms with van der Waals surface area (Å²) in [5.74, 6) is 0. The quantitative estimate of drug-likeness (QED) is 0.249. The van der Waals surface area contributed by atoms with Crippen LogP contribution in [0, 0.1) is 0 Å². The van der Waals surface area contributed by atoms with Gasteiger partial charge in [0.1, 0.15) is 11.2 Å². The van der Waals surface area contributed by atoms with E-state index in [2.05, 4.69) is 108 Å². The Morgan fingerprint density at radius 2 is 1.32 bits per heavy atom. The molecule has 2 heteroatoms. The van der Waals surface area contributed by atoms with Crippen LogP contribution in [-0.2, 0) is 0 Å². The fourth-order valence-corrected chi connectivity index (χ4v) is 5.69. The minimum atomic E-state index is 0.929. The number of benzene rings is 6. The second-order valence-electron chi connectivity index (χ2n) is 8.98. The van der Waals surface area contributed by atoms with E-state index in [1.54, 1.807) is 0 Å². The summed E-state index contributed by atoms with van der Waals surface area (Å²) in [6.07, 6.45) is 0. The monoisotopic (exact) mass is 433 g/mol. The van der Waals surface area contributed by atoms with Gasteiger partial charge in [-0.05, 0) is 64.4 Å². The van der Waals surface area contributed by atoms with Crippen molar-refractivity contribution in [3.05, 3.63) is 115 Å². The number of furan rings is 1. The highest BCUT2D eigenvalue weighted by molar-refractivity contribution is 6.26. The number of aromatic nitrogens is 1. The summed E-state index contributed by atoms with van der Waals surface area (Å²) >= 11 is 0. The Labute approximate surface area is 195 Å². The lowest BCUT2D eigenvalue weighted by Gasteiger charge is -2.10. The van der Waals surface area contributed by atoms with Crippen LogP contribution in [0.25, 0.3) is 71.3 Å². The normalized spacial score (nSPS) is 12.1. The molecule has 8 rings (SSSR count). The van der Waals surface area contributed by atoms with Gasteiger partial charge in [0.25, 0.3) is 0 Å². The number of fused-ring (bicyclic) bond motifs is 3. The third-order valence-corrected chi connectivity index (χ3v) is 7.16. The lowest BCUT2D eigenvalue weighted by Crippen LogP contribution is -1.92. The topological polar surface area (TPSA) is 18.1 Å². The second kappa shape index (κ2) is 6.49. The average molecular weight is 434 g/mol. The molecule has 34 heavy (non-hydrogen) atoms. The van der Waals surface area contributed by atoms with E-state index in [0.717, 1.165) is 21.9 Å². The van der Waals surface area contributed by atoms with Crippen LogP contribution in [0.1, 0.15) is 0 Å². The summed E-state index contributed by atoms with van der Waals surface area (Å²) < 4.78 is 8.46. The maximum Gasteiger partial charge on any atom is 0.135 e. The predicted molar refractivity (Wildman–Crippen MR) is 142 cm³/mol. The molecule has 0 aliphatic heterocycles. The number of para-hydroxylation sites is 2. The zero-order chi connectivity index (χ0) is 22.2. The Balaban J connectivity index is 1.48. The van der Waals surface area contributed by atoms with Crippen LogP contribution >= 0.6 is 0 Å². The van der Waals surface area contributed by atoms with Crippen molar-refractivity contribution >= 4 is 54.5 Å². The Morgan fingerprint density at radius 3 is 2.26 bits per heavy atom. The molecule has 0 unspecified atom stereocenters. The molecule has 0 N–H and O–H groups in total. The van der Waals surface area contributed by atoms with E-state index >= 15 is 0 Å². The molecule has 0 saturated carbocycles. The third kappa shape index (κ3) is 2.29. The Bertz CT molecular complexity index is 2010. The Kier molecular flexibility index (Phi) is 3.42. The number of rotatable bonds is 2. The van der Waals surface area contributed by atoms with E-state index in [0.29, 0.717) is 0 Å². The number of nitrogens with zero attached hydrogens (tertiary/aromatic N) is 1. The first kappa shape index (κ1) is 17.9. The zero-order valence-electron chi connectivity index (χ0n) is 18.3. The van der Waals surface area contributed by atoms with Gasteiger partial charge in [0, 0.05) is 27.2 Å². The van der Waals surface area contributed by atoms with Gasteiger partial charge in [-0.1, -0.05) is 72.8 Å². The molecule has 0 radical (unpaired) electrons. The van der Waals surface area contributed by atoms with Crippen molar-refractivity contribution in [2.45, 2.75) is 0 Å². The van der Waals surface area contributed by atoms with Crippen molar-refractivity contribution in [2.24, 2.45) is 0 Å². The van der Waals surface area contributed by atoms with Crippen LogP contribution in [0.2, 0.25) is 0 Å². The molecular formula is C32H19NO. The molecule has 2 aromatic heterocycles. The van der Waals surface area contributed by atoms with Crippen LogP contribution in [0.15, 0.2) is 120 Å². The molecule has 0 saturated heterocycles. The van der Waals surface area contributed by atoms with Gasteiger partial charge in [-0.25, -0.2) is 0 Å². The molecule has 2 nitrogen and oxygen atoms in total. The van der Waals surface area contributed by atoms with E-state index in [4.69, 9.17) is 4.42 Å². The van der Waals surface area contributed by atoms with Crippen LogP contribution in [0.3, 0.4) is 0 Å². The highest BCUT2D eigenvalue weighted by Gasteiger charge is 2.19. The van der Waals surface area contributed by atoms with Crippen molar-refractivity contribution in [2.75, 3.05) is 0 Å². The summed E-state index contributed by atoms with van der Waals surface area (Å²) in [7, 11) is 0. The first-order chi connectivity index (χ1) is 16.9. The highest BCUT2D eigenvalue weighted by Crippen LogP contribution is 2.43. The molecule has 6 aromatic carbocycles. The van der Waals surface area contributed by atoms with Gasteiger partial charge in [-0.15, -0.1) is 0 Å². The van der Waals surface area contributed by atoms with Gasteiger partial charge in [-0.3, -0.25) is 0 Å². The lowest BCUT2D eigenvalue weighted by molar-refractivity contribution is 0.669. The van der Waals surface area contributed by atoms with Crippen LogP contribution < -0.4 is 0 Å². The fourth-order valence-electron chi connectivity index (χ4n) is 5.69. The molecule has 8 aromatic rings. The number of hydrogen-bond acceptors (Lipinski definition) is 1. The van der Waals surface area contributed by atoms with E-state index in [1.807, 2.05) is 12.1 Å². The molecule has 2 heterocycles. The summed E-state index contributed by atoms with van der Waals surface area (Å²) in [6, 6.07) is 41.2. The zero-order valence-corrected chi connectivity index (χ0v) is 18.3. The summed E-state index contributed by atoms with van der Waals surface area (Å²) in [6.45, 7) is 0. The Morgan fingerprint density at radius 1 is 0.500 bits per heavy atom. The van der Waals surface area contributed by atoms with Gasteiger partial charge in [0.2, 0.25) is 0 Å². The molecule has 0 bridgehead atoms. The molecule has 0 aliphatic carbocycles. The van der Waals surface area contributed by atoms with Gasteiger partial charge >= 0.3 is 0 Å². The molecule has 158 valence electrons. The largest absolute Gasteiger partial charge is 0.456 e. The van der Waals surface area contributed by atoms with Crippen molar-refractivity contribution in [3.63, 3.8) is 0 Å². The van der Waals surface area contributed by atoms with Gasteiger partial charge < -0.3 is 8.98 Å².